The summed E-state index contributed by atoms with van der Waals surface area (Å²) in [4.78, 5) is 41.1. The van der Waals surface area contributed by atoms with Gasteiger partial charge in [-0.2, -0.15) is 4.31 Å². The lowest BCUT2D eigenvalue weighted by atomic mass is 10.1. The summed E-state index contributed by atoms with van der Waals surface area (Å²) in [7, 11) is -3.97. The van der Waals surface area contributed by atoms with Crippen LogP contribution >= 0.6 is 0 Å². The second kappa shape index (κ2) is 9.47. The molecule has 9 nitrogen and oxygen atoms in total. The Kier molecular flexibility index (Phi) is 6.63. The van der Waals surface area contributed by atoms with E-state index in [0.717, 1.165) is 9.87 Å². The number of fused-ring (bicyclic) bond motifs is 1. The second-order valence-electron chi connectivity index (χ2n) is 8.33. The molecule has 1 atom stereocenters. The molecule has 0 N–H and O–H groups in total. The first kappa shape index (κ1) is 23.8. The van der Waals surface area contributed by atoms with E-state index < -0.39 is 22.0 Å². The highest BCUT2D eigenvalue weighted by Gasteiger charge is 2.38. The Balaban J connectivity index is 1.53. The molecular weight excluding hydrogens is 458 g/mol. The fourth-order valence-electron chi connectivity index (χ4n) is 3.99. The number of esters is 1. The molecule has 4 rings (SSSR count). The second-order valence-corrected chi connectivity index (χ2v) is 10.2. The van der Waals surface area contributed by atoms with E-state index in [1.807, 2.05) is 6.92 Å². The SMILES string of the molecule is CC(=O)c1ccc(S(=O)(=O)N2CCCCC2C(=O)OCc2cc(=O)n3ccc(C)cc3n2)cc1. The Hall–Kier alpha value is -3.37. The van der Waals surface area contributed by atoms with E-state index in [4.69, 9.17) is 4.74 Å². The number of carbonyl (C=O) groups is 2. The maximum absolute atomic E-state index is 13.3. The summed E-state index contributed by atoms with van der Waals surface area (Å²) in [6, 6.07) is 9.52. The number of carbonyl (C=O) groups excluding carboxylic acids is 2. The van der Waals surface area contributed by atoms with Gasteiger partial charge in [-0.1, -0.05) is 12.1 Å². The van der Waals surface area contributed by atoms with E-state index in [9.17, 15) is 22.8 Å². The van der Waals surface area contributed by atoms with Crippen molar-refractivity contribution in [1.29, 1.82) is 0 Å². The number of sulfonamides is 1. The van der Waals surface area contributed by atoms with Gasteiger partial charge in [0.2, 0.25) is 10.0 Å². The summed E-state index contributed by atoms with van der Waals surface area (Å²) in [6.45, 7) is 3.23. The third-order valence-electron chi connectivity index (χ3n) is 5.83. The first-order valence-corrected chi connectivity index (χ1v) is 12.4. The standard InChI is InChI=1S/C24H25N3O6S/c1-16-10-12-26-22(13-16)25-19(14-23(26)29)15-33-24(30)21-5-3-4-11-27(21)34(31,32)20-8-6-18(7-9-20)17(2)28/h6-10,12-14,21H,3-5,11,15H2,1-2H3. The minimum Gasteiger partial charge on any atom is -0.458 e. The molecule has 0 radical (unpaired) electrons. The quantitative estimate of drug-likeness (QED) is 0.391. The van der Waals surface area contributed by atoms with Crippen LogP contribution in [0.2, 0.25) is 0 Å². The highest BCUT2D eigenvalue weighted by Crippen LogP contribution is 2.26. The Morgan fingerprint density at radius 3 is 2.56 bits per heavy atom. The van der Waals surface area contributed by atoms with Crippen molar-refractivity contribution >= 4 is 27.4 Å². The third kappa shape index (κ3) is 4.78. The molecule has 3 aromatic rings. The molecule has 0 saturated carbocycles. The number of ketones is 1. The van der Waals surface area contributed by atoms with Gasteiger partial charge in [-0.25, -0.2) is 13.4 Å². The van der Waals surface area contributed by atoms with Gasteiger partial charge < -0.3 is 4.74 Å². The van der Waals surface area contributed by atoms with Crippen LogP contribution in [-0.2, 0) is 26.2 Å². The maximum Gasteiger partial charge on any atom is 0.324 e. The number of benzene rings is 1. The predicted octanol–water partition coefficient (Wildman–Crippen LogP) is 2.49. The fraction of sp³-hybridized carbons (Fsp3) is 0.333. The first-order valence-electron chi connectivity index (χ1n) is 11.0. The molecule has 1 aliphatic rings. The zero-order valence-electron chi connectivity index (χ0n) is 18.9. The van der Waals surface area contributed by atoms with E-state index in [1.165, 1.54) is 41.7 Å². The number of ether oxygens (including phenoxy) is 1. The number of aryl methyl sites for hydroxylation is 1. The largest absolute Gasteiger partial charge is 0.458 e. The molecule has 1 saturated heterocycles. The first-order chi connectivity index (χ1) is 16.2. The Morgan fingerprint density at radius 2 is 1.85 bits per heavy atom. The lowest BCUT2D eigenvalue weighted by Gasteiger charge is -2.33. The van der Waals surface area contributed by atoms with E-state index in [2.05, 4.69) is 4.98 Å². The van der Waals surface area contributed by atoms with Crippen LogP contribution in [0.3, 0.4) is 0 Å². The maximum atomic E-state index is 13.3. The molecule has 1 unspecified atom stereocenters. The molecule has 0 spiro atoms. The van der Waals surface area contributed by atoms with Crippen molar-refractivity contribution < 1.29 is 22.7 Å². The van der Waals surface area contributed by atoms with Crippen molar-refractivity contribution in [3.8, 4) is 0 Å². The van der Waals surface area contributed by atoms with Crippen LogP contribution in [0.4, 0.5) is 0 Å². The number of nitrogens with zero attached hydrogens (tertiary/aromatic N) is 3. The van der Waals surface area contributed by atoms with Crippen LogP contribution in [0.25, 0.3) is 5.65 Å². The number of hydrogen-bond acceptors (Lipinski definition) is 7. The average molecular weight is 484 g/mol. The van der Waals surface area contributed by atoms with Crippen LogP contribution in [-0.4, -0.2) is 46.4 Å². The van der Waals surface area contributed by atoms with Crippen LogP contribution in [0.15, 0.2) is 58.4 Å². The predicted molar refractivity (Wildman–Crippen MR) is 124 cm³/mol. The monoisotopic (exact) mass is 483 g/mol. The van der Waals surface area contributed by atoms with Gasteiger partial charge in [0.15, 0.2) is 5.78 Å². The minimum atomic E-state index is -3.97. The fourth-order valence-corrected chi connectivity index (χ4v) is 5.64. The molecule has 1 fully saturated rings. The van der Waals surface area contributed by atoms with Gasteiger partial charge in [0, 0.05) is 24.4 Å². The number of rotatable bonds is 6. The number of aromatic nitrogens is 2. The van der Waals surface area contributed by atoms with Gasteiger partial charge >= 0.3 is 5.97 Å². The molecular formula is C24H25N3O6S. The van der Waals surface area contributed by atoms with Crippen LogP contribution in [0.5, 0.6) is 0 Å². The van der Waals surface area contributed by atoms with Crippen molar-refractivity contribution in [1.82, 2.24) is 13.7 Å². The van der Waals surface area contributed by atoms with Crippen molar-refractivity contribution in [2.75, 3.05) is 6.54 Å². The zero-order chi connectivity index (χ0) is 24.5. The van der Waals surface area contributed by atoms with E-state index in [-0.39, 0.29) is 35.1 Å². The normalized spacial score (nSPS) is 16.9. The smallest absolute Gasteiger partial charge is 0.324 e. The highest BCUT2D eigenvalue weighted by molar-refractivity contribution is 7.89. The molecule has 0 amide bonds. The van der Waals surface area contributed by atoms with E-state index >= 15 is 0 Å². The molecule has 10 heteroatoms. The highest BCUT2D eigenvalue weighted by atomic mass is 32.2. The summed E-state index contributed by atoms with van der Waals surface area (Å²) >= 11 is 0. The minimum absolute atomic E-state index is 0.0109. The summed E-state index contributed by atoms with van der Waals surface area (Å²) in [5.74, 6) is -0.852. The third-order valence-corrected chi connectivity index (χ3v) is 7.75. The topological polar surface area (TPSA) is 115 Å². The van der Waals surface area contributed by atoms with Gasteiger partial charge in [0.05, 0.1) is 10.6 Å². The average Bonchev–Trinajstić information content (AvgIpc) is 2.82. The van der Waals surface area contributed by atoms with Crippen molar-refractivity contribution in [3.63, 3.8) is 0 Å². The van der Waals surface area contributed by atoms with Crippen molar-refractivity contribution in [2.45, 2.75) is 50.7 Å². The Labute approximate surface area is 197 Å². The van der Waals surface area contributed by atoms with Gasteiger partial charge in [-0.3, -0.25) is 18.8 Å². The lowest BCUT2D eigenvalue weighted by molar-refractivity contribution is -0.150. The van der Waals surface area contributed by atoms with Gasteiger partial charge in [-0.05, 0) is 62.9 Å². The van der Waals surface area contributed by atoms with Crippen LogP contribution in [0, 0.1) is 6.92 Å². The van der Waals surface area contributed by atoms with E-state index in [0.29, 0.717) is 30.5 Å². The molecule has 178 valence electrons. The van der Waals surface area contributed by atoms with Gasteiger partial charge in [-0.15, -0.1) is 0 Å². The van der Waals surface area contributed by atoms with Crippen LogP contribution < -0.4 is 5.56 Å². The molecule has 0 aliphatic carbocycles. The van der Waals surface area contributed by atoms with Crippen LogP contribution in [0.1, 0.15) is 47.8 Å². The molecule has 1 aliphatic heterocycles. The zero-order valence-corrected chi connectivity index (χ0v) is 19.7. The number of piperidine rings is 1. The number of Topliss-reactive ketones (excluding diaryl/α,β-unsaturated/α-hetero) is 1. The summed E-state index contributed by atoms with van der Waals surface area (Å²) in [6.07, 6.45) is 3.26. The Morgan fingerprint density at radius 1 is 1.12 bits per heavy atom. The van der Waals surface area contributed by atoms with Gasteiger partial charge in [0.1, 0.15) is 18.3 Å². The van der Waals surface area contributed by atoms with E-state index in [1.54, 1.807) is 18.3 Å². The summed E-state index contributed by atoms with van der Waals surface area (Å²) < 4.78 is 34.5. The van der Waals surface area contributed by atoms with Gasteiger partial charge in [0.25, 0.3) is 5.56 Å². The van der Waals surface area contributed by atoms with Crippen molar-refractivity contribution in [2.24, 2.45) is 0 Å². The molecule has 0 bridgehead atoms. The summed E-state index contributed by atoms with van der Waals surface area (Å²) in [5, 5.41) is 0. The molecule has 1 aromatic carbocycles. The summed E-state index contributed by atoms with van der Waals surface area (Å²) in [5.41, 5.74) is 1.76. The Bertz CT molecular complexity index is 1410. The molecule has 2 aromatic heterocycles. The number of pyridine rings is 1. The van der Waals surface area contributed by atoms with Crippen molar-refractivity contribution in [3.05, 3.63) is 75.8 Å². The molecule has 3 heterocycles. The lowest BCUT2D eigenvalue weighted by Crippen LogP contribution is -2.48. The molecule has 34 heavy (non-hydrogen) atoms. The number of hydrogen-bond donors (Lipinski definition) is 0.